The zero-order valence-corrected chi connectivity index (χ0v) is 22.0. The largest absolute Gasteiger partial charge is 0.493 e. The fourth-order valence-corrected chi connectivity index (χ4v) is 5.82. The van der Waals surface area contributed by atoms with Gasteiger partial charge >= 0.3 is 0 Å². The molecule has 3 rings (SSSR count). The third-order valence-electron chi connectivity index (χ3n) is 6.00. The van der Waals surface area contributed by atoms with Crippen molar-refractivity contribution in [2.45, 2.75) is 43.7 Å². The molecular formula is C26H36N4O6S. The average Bonchev–Trinajstić information content (AvgIpc) is 3.35. The first-order valence-corrected chi connectivity index (χ1v) is 13.8. The van der Waals surface area contributed by atoms with Gasteiger partial charge in [-0.1, -0.05) is 44.2 Å². The molecule has 1 aliphatic rings. The molecule has 2 amide bonds. The third-order valence-corrected chi connectivity index (χ3v) is 7.83. The lowest BCUT2D eigenvalue weighted by Gasteiger charge is -2.31. The highest BCUT2D eigenvalue weighted by atomic mass is 32.2. The normalized spacial score (nSPS) is 14.6. The molecule has 0 unspecified atom stereocenters. The van der Waals surface area contributed by atoms with Gasteiger partial charge in [0.15, 0.2) is 0 Å². The van der Waals surface area contributed by atoms with E-state index in [1.165, 1.54) is 10.4 Å². The van der Waals surface area contributed by atoms with Crippen LogP contribution in [0.15, 0.2) is 53.4 Å². The van der Waals surface area contributed by atoms with Gasteiger partial charge in [-0.25, -0.2) is 8.42 Å². The van der Waals surface area contributed by atoms with Crippen molar-refractivity contribution in [1.82, 2.24) is 14.9 Å². The number of aliphatic hydroxyl groups excluding tert-OH is 1. The van der Waals surface area contributed by atoms with E-state index < -0.39 is 34.0 Å². The molecule has 37 heavy (non-hydrogen) atoms. The first-order chi connectivity index (χ1) is 17.6. The molecule has 1 aliphatic heterocycles. The zero-order chi connectivity index (χ0) is 27.0. The minimum atomic E-state index is -3.94. The lowest BCUT2D eigenvalue weighted by atomic mass is 10.0. The van der Waals surface area contributed by atoms with Crippen LogP contribution in [0, 0.1) is 5.92 Å². The first kappa shape index (κ1) is 28.6. The summed E-state index contributed by atoms with van der Waals surface area (Å²) in [5.74, 6) is -0.321. The number of nitrogens with two attached hydrogens (primary N) is 1. The third kappa shape index (κ3) is 8.00. The summed E-state index contributed by atoms with van der Waals surface area (Å²) in [5, 5.41) is 16.4. The maximum Gasteiger partial charge on any atom is 0.243 e. The van der Waals surface area contributed by atoms with E-state index in [2.05, 4.69) is 10.6 Å². The van der Waals surface area contributed by atoms with E-state index in [-0.39, 0.29) is 43.4 Å². The second kappa shape index (κ2) is 13.0. The van der Waals surface area contributed by atoms with Crippen LogP contribution in [0.5, 0.6) is 5.75 Å². The second-order valence-corrected chi connectivity index (χ2v) is 11.4. The SMILES string of the molecule is CC(C)CN(C[C@@H](O)[C@H](Cc1ccccc1)NC(=O)CNC(=O)CN)S(=O)(=O)c1ccc2c(c1)CCO2. The van der Waals surface area contributed by atoms with Gasteiger partial charge in [0.1, 0.15) is 5.75 Å². The molecule has 1 heterocycles. The van der Waals surface area contributed by atoms with Crippen LogP contribution in [0.1, 0.15) is 25.0 Å². The van der Waals surface area contributed by atoms with Crippen molar-refractivity contribution in [2.75, 3.05) is 32.8 Å². The number of carbonyl (C=O) groups is 2. The summed E-state index contributed by atoms with van der Waals surface area (Å²) in [6, 6.07) is 13.3. The van der Waals surface area contributed by atoms with E-state index in [9.17, 15) is 23.1 Å². The van der Waals surface area contributed by atoms with E-state index in [0.717, 1.165) is 11.1 Å². The Morgan fingerprint density at radius 1 is 1.11 bits per heavy atom. The maximum absolute atomic E-state index is 13.6. The monoisotopic (exact) mass is 532 g/mol. The molecule has 11 heteroatoms. The lowest BCUT2D eigenvalue weighted by molar-refractivity contribution is -0.126. The summed E-state index contributed by atoms with van der Waals surface area (Å²) in [4.78, 5) is 24.1. The Bertz CT molecular complexity index is 1170. The van der Waals surface area contributed by atoms with Crippen LogP contribution in [-0.4, -0.2) is 74.6 Å². The maximum atomic E-state index is 13.6. The molecule has 5 N–H and O–H groups in total. The van der Waals surface area contributed by atoms with Gasteiger partial charge in [-0.2, -0.15) is 4.31 Å². The fraction of sp³-hybridized carbons (Fsp3) is 0.462. The van der Waals surface area contributed by atoms with Crippen molar-refractivity contribution in [2.24, 2.45) is 11.7 Å². The number of carbonyl (C=O) groups excluding carboxylic acids is 2. The number of hydrogen-bond donors (Lipinski definition) is 4. The Morgan fingerprint density at radius 3 is 2.51 bits per heavy atom. The van der Waals surface area contributed by atoms with Gasteiger partial charge < -0.3 is 26.2 Å². The van der Waals surface area contributed by atoms with Gasteiger partial charge in [0.2, 0.25) is 21.8 Å². The minimum absolute atomic E-state index is 0.00613. The highest BCUT2D eigenvalue weighted by molar-refractivity contribution is 7.89. The quantitative estimate of drug-likeness (QED) is 0.292. The number of aliphatic hydroxyl groups is 1. The number of amides is 2. The van der Waals surface area contributed by atoms with E-state index in [0.29, 0.717) is 18.8 Å². The Hall–Kier alpha value is -2.99. The summed E-state index contributed by atoms with van der Waals surface area (Å²) in [7, 11) is -3.94. The number of nitrogens with zero attached hydrogens (tertiary/aromatic N) is 1. The van der Waals surface area contributed by atoms with Crippen molar-refractivity contribution < 1.29 is 27.9 Å². The van der Waals surface area contributed by atoms with Crippen LogP contribution in [0.2, 0.25) is 0 Å². The summed E-state index contributed by atoms with van der Waals surface area (Å²) in [6.45, 7) is 3.72. The highest BCUT2D eigenvalue weighted by Gasteiger charge is 2.32. The standard InChI is InChI=1S/C26H36N4O6S/c1-18(2)16-30(37(34,35)21-8-9-24-20(13-21)10-11-36-24)17-23(31)22(12-19-6-4-3-5-7-19)29-26(33)15-28-25(32)14-27/h3-9,13,18,22-23,31H,10-12,14-17,27H2,1-2H3,(H,28,32)(H,29,33)/t22-,23+/m0/s1. The van der Waals surface area contributed by atoms with E-state index in [4.69, 9.17) is 10.5 Å². The molecule has 0 saturated heterocycles. The molecule has 0 spiro atoms. The molecule has 0 fully saturated rings. The summed E-state index contributed by atoms with van der Waals surface area (Å²) in [5.41, 5.74) is 6.96. The van der Waals surface area contributed by atoms with Gasteiger partial charge in [0.05, 0.1) is 36.7 Å². The number of hydrogen-bond acceptors (Lipinski definition) is 7. The highest BCUT2D eigenvalue weighted by Crippen LogP contribution is 2.29. The summed E-state index contributed by atoms with van der Waals surface area (Å²) < 4.78 is 34.1. The Balaban J connectivity index is 1.82. The molecule has 0 aliphatic carbocycles. The van der Waals surface area contributed by atoms with E-state index >= 15 is 0 Å². The van der Waals surface area contributed by atoms with E-state index in [1.807, 2.05) is 44.2 Å². The number of rotatable bonds is 13. The van der Waals surface area contributed by atoms with E-state index in [1.54, 1.807) is 12.1 Å². The Labute approximate surface area is 218 Å². The van der Waals surface area contributed by atoms with Crippen LogP contribution >= 0.6 is 0 Å². The molecule has 0 aromatic heterocycles. The van der Waals surface area contributed by atoms with Crippen LogP contribution < -0.4 is 21.1 Å². The predicted molar refractivity (Wildman–Crippen MR) is 139 cm³/mol. The van der Waals surface area contributed by atoms with Gasteiger partial charge in [0, 0.05) is 19.5 Å². The second-order valence-electron chi connectivity index (χ2n) is 9.50. The van der Waals surface area contributed by atoms with Crippen molar-refractivity contribution in [1.29, 1.82) is 0 Å². The molecule has 10 nitrogen and oxygen atoms in total. The van der Waals surface area contributed by atoms with Crippen LogP contribution in [0.4, 0.5) is 0 Å². The topological polar surface area (TPSA) is 151 Å². The van der Waals surface area contributed by atoms with Crippen molar-refractivity contribution in [3.63, 3.8) is 0 Å². The first-order valence-electron chi connectivity index (χ1n) is 12.3. The average molecular weight is 533 g/mol. The Kier molecular flexibility index (Phi) is 10.0. The van der Waals surface area contributed by atoms with Gasteiger partial charge in [-0.3, -0.25) is 9.59 Å². The predicted octanol–water partition coefficient (Wildman–Crippen LogP) is 0.432. The van der Waals surface area contributed by atoms with Crippen LogP contribution in [0.3, 0.4) is 0 Å². The lowest BCUT2D eigenvalue weighted by Crippen LogP contribution is -2.53. The molecule has 2 aromatic carbocycles. The summed E-state index contributed by atoms with van der Waals surface area (Å²) >= 11 is 0. The molecular weight excluding hydrogens is 496 g/mol. The van der Waals surface area contributed by atoms with Gasteiger partial charge in [-0.15, -0.1) is 0 Å². The molecule has 0 radical (unpaired) electrons. The van der Waals surface area contributed by atoms with Gasteiger partial charge in [0.25, 0.3) is 0 Å². The molecule has 0 saturated carbocycles. The van der Waals surface area contributed by atoms with Crippen LogP contribution in [0.25, 0.3) is 0 Å². The number of fused-ring (bicyclic) bond motifs is 1. The molecule has 2 aromatic rings. The van der Waals surface area contributed by atoms with Crippen molar-refractivity contribution in [3.05, 3.63) is 59.7 Å². The van der Waals surface area contributed by atoms with Crippen molar-refractivity contribution >= 4 is 21.8 Å². The number of benzene rings is 2. The number of sulfonamides is 1. The number of nitrogens with one attached hydrogen (secondary N) is 2. The van der Waals surface area contributed by atoms with Gasteiger partial charge in [-0.05, 0) is 41.7 Å². The Morgan fingerprint density at radius 2 is 1.84 bits per heavy atom. The summed E-state index contributed by atoms with van der Waals surface area (Å²) in [6.07, 6.45) is -0.317. The minimum Gasteiger partial charge on any atom is -0.493 e. The molecule has 0 bridgehead atoms. The van der Waals surface area contributed by atoms with Crippen molar-refractivity contribution in [3.8, 4) is 5.75 Å². The zero-order valence-electron chi connectivity index (χ0n) is 21.2. The smallest absolute Gasteiger partial charge is 0.243 e. The van der Waals surface area contributed by atoms with Crippen LogP contribution in [-0.2, 0) is 32.5 Å². The number of ether oxygens (including phenoxy) is 1. The molecule has 202 valence electrons. The molecule has 2 atom stereocenters. The fourth-order valence-electron chi connectivity index (χ4n) is 4.15.